The molecule has 7 aromatic rings. The summed E-state index contributed by atoms with van der Waals surface area (Å²) < 4.78 is 121. The number of aryl methyl sites for hydroxylation is 2. The van der Waals surface area contributed by atoms with Gasteiger partial charge in [-0.05, 0) is 143 Å². The Kier molecular flexibility index (Phi) is 45.4. The third-order valence-electron chi connectivity index (χ3n) is 21.7. The molecule has 8 unspecified atom stereocenters. The van der Waals surface area contributed by atoms with Crippen LogP contribution in [0, 0.1) is 13.8 Å². The molecule has 7 rings (SSSR count). The highest BCUT2D eigenvalue weighted by molar-refractivity contribution is 7.89. The van der Waals surface area contributed by atoms with E-state index in [1.54, 1.807) is 195 Å². The fourth-order valence-electron chi connectivity index (χ4n) is 15.0. The molecule has 0 aromatic heterocycles. The van der Waals surface area contributed by atoms with Crippen molar-refractivity contribution in [3.63, 3.8) is 0 Å². The van der Waals surface area contributed by atoms with Crippen molar-refractivity contribution in [1.82, 2.24) is 59.8 Å². The van der Waals surface area contributed by atoms with E-state index in [9.17, 15) is 44.4 Å². The van der Waals surface area contributed by atoms with Crippen LogP contribution in [0.4, 0.5) is 0 Å². The van der Waals surface area contributed by atoms with Crippen LogP contribution in [0.1, 0.15) is 116 Å². The first-order valence-corrected chi connectivity index (χ1v) is 50.7. The summed E-state index contributed by atoms with van der Waals surface area (Å²) in [5.74, 6) is -8.69. The molecular weight excluding hydrogens is 1750 g/mol. The Morgan fingerprint density at radius 1 is 0.313 bits per heavy atom. The van der Waals surface area contributed by atoms with Gasteiger partial charge in [0.1, 0.15) is 18.1 Å². The van der Waals surface area contributed by atoms with Gasteiger partial charge in [-0.25, -0.2) is 33.7 Å². The highest BCUT2D eigenvalue weighted by atomic mass is 32.2. The normalized spacial score (nSPS) is 13.9. The van der Waals surface area contributed by atoms with Gasteiger partial charge in [0.2, 0.25) is 87.4 Å². The van der Waals surface area contributed by atoms with Crippen LogP contribution in [0.15, 0.2) is 205 Å². The number of unbranched alkanes of at least 4 members (excludes halogenated alkanes) is 3. The Labute approximate surface area is 772 Å². The molecule has 716 valence electrons. The number of sulfonamides is 4. The lowest BCUT2D eigenvalue weighted by Crippen LogP contribution is -2.58. The van der Waals surface area contributed by atoms with Gasteiger partial charge in [-0.1, -0.05) is 226 Å². The van der Waals surface area contributed by atoms with E-state index in [0.29, 0.717) is 85.0 Å². The molecule has 0 aliphatic carbocycles. The molecule has 20 N–H and O–H groups in total. The van der Waals surface area contributed by atoms with E-state index in [1.165, 1.54) is 12.1 Å². The summed E-state index contributed by atoms with van der Waals surface area (Å²) in [4.78, 5) is 117. The predicted molar refractivity (Wildman–Crippen MR) is 508 cm³/mol. The molecule has 34 nitrogen and oxygen atoms in total. The maximum Gasteiger partial charge on any atom is 0.243 e. The van der Waals surface area contributed by atoms with Crippen molar-refractivity contribution < 1.29 is 72.0 Å². The van der Waals surface area contributed by atoms with Crippen molar-refractivity contribution in [2.24, 2.45) is 34.4 Å². The van der Waals surface area contributed by atoms with Gasteiger partial charge >= 0.3 is 0 Å². The molecule has 0 aliphatic rings. The van der Waals surface area contributed by atoms with E-state index in [1.807, 2.05) is 20.8 Å². The number of benzene rings is 7. The number of nitrogens with one attached hydrogen (secondary N) is 8. The number of hydrogen-bond acceptors (Lipinski definition) is 22. The molecule has 0 bridgehead atoms. The van der Waals surface area contributed by atoms with Crippen LogP contribution in [-0.4, -0.2) is 249 Å². The van der Waals surface area contributed by atoms with Crippen LogP contribution in [-0.2, 0) is 116 Å². The summed E-state index contributed by atoms with van der Waals surface area (Å²) in [5, 5.41) is 23.4. The maximum atomic E-state index is 15.5. The molecule has 131 heavy (non-hydrogen) atoms. The molecule has 0 fully saturated rings. The van der Waals surface area contributed by atoms with Crippen molar-refractivity contribution in [3.8, 4) is 0 Å². The van der Waals surface area contributed by atoms with Crippen LogP contribution >= 0.6 is 0 Å². The Balaban J connectivity index is 1.19. The van der Waals surface area contributed by atoms with Crippen LogP contribution in [0.3, 0.4) is 0 Å². The van der Waals surface area contributed by atoms with Crippen LogP contribution < -0.4 is 76.9 Å². The van der Waals surface area contributed by atoms with Gasteiger partial charge in [0.15, 0.2) is 0 Å². The van der Waals surface area contributed by atoms with Gasteiger partial charge in [0, 0.05) is 82.3 Å². The van der Waals surface area contributed by atoms with Crippen molar-refractivity contribution in [3.05, 3.63) is 245 Å². The van der Waals surface area contributed by atoms with E-state index in [4.69, 9.17) is 34.4 Å². The van der Waals surface area contributed by atoms with Crippen LogP contribution in [0.25, 0.3) is 0 Å². The second kappa shape index (κ2) is 55.3. The number of amides is 8. The summed E-state index contributed by atoms with van der Waals surface area (Å²) in [6.07, 6.45) is 3.11. The van der Waals surface area contributed by atoms with E-state index in [0.717, 1.165) is 28.3 Å². The lowest BCUT2D eigenvalue weighted by molar-refractivity contribution is -0.130. The summed E-state index contributed by atoms with van der Waals surface area (Å²) in [6.45, 7) is 1.93. The highest BCUT2D eigenvalue weighted by Crippen LogP contribution is 2.22. The lowest BCUT2D eigenvalue weighted by atomic mass is 10.0. The second-order valence-electron chi connectivity index (χ2n) is 33.3. The van der Waals surface area contributed by atoms with E-state index in [2.05, 4.69) is 42.5 Å². The minimum Gasteiger partial charge on any atom is -0.369 e. The number of nitrogens with zero attached hydrogens (tertiary/aromatic N) is 4. The average Bonchev–Trinajstić information content (AvgIpc) is 0.798. The Bertz CT molecular complexity index is 5190. The molecule has 8 amide bonds. The molecule has 0 aliphatic heterocycles. The number of hydrogen-bond donors (Lipinski definition) is 14. The average molecular weight is 1890 g/mol. The Morgan fingerprint density at radius 2 is 0.618 bits per heavy atom. The summed E-state index contributed by atoms with van der Waals surface area (Å²) in [6, 6.07) is 46.4. The van der Waals surface area contributed by atoms with Crippen molar-refractivity contribution in [2.75, 3.05) is 96.6 Å². The third-order valence-corrected chi connectivity index (χ3v) is 28.9. The quantitative estimate of drug-likeness (QED) is 0.0243. The first-order chi connectivity index (χ1) is 62.5. The summed E-state index contributed by atoms with van der Waals surface area (Å²) >= 11 is 0. The van der Waals surface area contributed by atoms with Gasteiger partial charge < -0.3 is 76.9 Å². The summed E-state index contributed by atoms with van der Waals surface area (Å²) in [7, 11) is -18.0. The molecular formula is C93H134N18O16S4. The van der Waals surface area contributed by atoms with Gasteiger partial charge in [-0.15, -0.1) is 0 Å². The first kappa shape index (κ1) is 108. The number of carbonyl (C=O) groups is 8. The van der Waals surface area contributed by atoms with Gasteiger partial charge in [0.05, 0.1) is 54.4 Å². The SMILES string of the molecule is Cc1ccc(CS(=O)(=O)N(CC(N)=O)CC(Cc2ccccc2)NC(=O)C(CCCCN)NC(=O)CN(CC(Cc2ccccc2)NC(=O)C(Cc2ccccc2)NC(=O)CN(CC(Cc2ccccc2)NC(=O)C(Cc2ccccc2)NC(=O)CN(CC(CCCCN)NC(=O)C(CCCCN)NC(C)C)S(=O)(=O)c2ccc(C)cc2)S(=O)(=O)CCN)S(=O)(=O)CCN)cc1. The fraction of sp³-hybridized carbons (Fsp3) is 0.462. The Morgan fingerprint density at radius 3 is 0.977 bits per heavy atom. The van der Waals surface area contributed by atoms with Gasteiger partial charge in [0.25, 0.3) is 0 Å². The minimum atomic E-state index is -4.59. The van der Waals surface area contributed by atoms with Crippen LogP contribution in [0.2, 0.25) is 0 Å². The highest BCUT2D eigenvalue weighted by Gasteiger charge is 2.38. The third kappa shape index (κ3) is 38.4. The van der Waals surface area contributed by atoms with Crippen molar-refractivity contribution >= 4 is 87.4 Å². The molecule has 8 atom stereocenters. The molecule has 0 radical (unpaired) electrons. The van der Waals surface area contributed by atoms with Crippen LogP contribution in [0.5, 0.6) is 0 Å². The number of carbonyl (C=O) groups excluding carboxylic acids is 8. The molecule has 0 heterocycles. The monoisotopic (exact) mass is 1890 g/mol. The number of nitrogens with two attached hydrogens (primary N) is 6. The minimum absolute atomic E-state index is 0.0345. The zero-order chi connectivity index (χ0) is 95.5. The smallest absolute Gasteiger partial charge is 0.243 e. The number of rotatable bonds is 62. The standard InChI is InChI=1S/C93H134N18O16S4/c1-68(2)100-82(37-21-24-48-95)90(116)101-77(36-20-23-47-94)59-111(131(126,127)81-45-41-70(4)42-46-81)66-89(115)107-85(58-75-34-18-9-19-35-75)93(119)104-80(56-73-30-14-7-15-31-73)62-110(129(122,123)53-51-98)65-88(114)106-84(57-74-32-16-8-17-33-74)92(118)103-79(55-72-28-12-6-13-29-72)61-109(128(120,121)52-50-97)64-87(113)105-83(38-22-25-49-96)91(117)102-78(54-71-26-10-5-11-27-71)60-108(63-86(99)112)130(124,125)67-76-43-39-69(3)40-44-76/h5-19,26-35,39-46,68,77-80,82-85,100H,20-25,36-38,47-67,94-98H2,1-4H3,(H2,99,112)(H,101,116)(H,102,117)(H,103,118)(H,104,119)(H,105,113)(H,106,114)(H,107,115). The zero-order valence-corrected chi connectivity index (χ0v) is 78.6. The van der Waals surface area contributed by atoms with E-state index >= 15 is 27.6 Å². The molecule has 38 heteroatoms. The van der Waals surface area contributed by atoms with Gasteiger partial charge in [-0.2, -0.15) is 17.2 Å². The molecule has 0 saturated carbocycles. The molecule has 0 saturated heterocycles. The first-order valence-electron chi connectivity index (χ1n) is 44.4. The zero-order valence-electron chi connectivity index (χ0n) is 75.4. The second-order valence-corrected chi connectivity index (χ2v) is 41.3. The van der Waals surface area contributed by atoms with Crippen molar-refractivity contribution in [2.45, 2.75) is 183 Å². The molecule has 0 spiro atoms. The van der Waals surface area contributed by atoms with Crippen molar-refractivity contribution in [1.29, 1.82) is 0 Å². The summed E-state index contributed by atoms with van der Waals surface area (Å²) in [5.41, 5.74) is 40.3. The molecule has 7 aromatic carbocycles. The topological polar surface area (TPSA) is 538 Å². The maximum absolute atomic E-state index is 15.5. The predicted octanol–water partition coefficient (Wildman–Crippen LogP) is 2.15. The lowest BCUT2D eigenvalue weighted by Gasteiger charge is -2.31. The fourth-order valence-corrected chi connectivity index (χ4v) is 20.6. The Hall–Kier alpha value is -10.3. The van der Waals surface area contributed by atoms with Gasteiger partial charge in [-0.3, -0.25) is 38.4 Å². The number of primary amides is 1. The van der Waals surface area contributed by atoms with E-state index < -0.39 is 206 Å². The van der Waals surface area contributed by atoms with E-state index in [-0.39, 0.29) is 81.3 Å². The largest absolute Gasteiger partial charge is 0.369 e.